The van der Waals surface area contributed by atoms with E-state index < -0.39 is 0 Å². The molecule has 1 aromatic heterocycles. The van der Waals surface area contributed by atoms with E-state index in [1.54, 1.807) is 0 Å². The van der Waals surface area contributed by atoms with Crippen molar-refractivity contribution < 1.29 is 0 Å². The van der Waals surface area contributed by atoms with E-state index in [1.165, 1.54) is 5.56 Å². The summed E-state index contributed by atoms with van der Waals surface area (Å²) in [4.78, 5) is 2.37. The predicted molar refractivity (Wildman–Crippen MR) is 60.2 cm³/mol. The van der Waals surface area contributed by atoms with Gasteiger partial charge in [-0.05, 0) is 5.92 Å². The van der Waals surface area contributed by atoms with Crippen LogP contribution in [0.2, 0.25) is 0 Å². The van der Waals surface area contributed by atoms with Crippen LogP contribution >= 0.6 is 0 Å². The number of hydrogen-bond donors (Lipinski definition) is 1. The Bertz CT molecular complexity index is 336. The molecule has 1 aromatic rings. The van der Waals surface area contributed by atoms with Gasteiger partial charge < -0.3 is 5.73 Å². The van der Waals surface area contributed by atoms with Gasteiger partial charge in [-0.2, -0.15) is 5.10 Å². The second-order valence-corrected chi connectivity index (χ2v) is 5.06. The third kappa shape index (κ3) is 2.06. The molecule has 0 aromatic carbocycles. The van der Waals surface area contributed by atoms with Gasteiger partial charge in [0.25, 0.3) is 0 Å². The third-order valence-corrected chi connectivity index (χ3v) is 3.35. The van der Waals surface area contributed by atoms with Crippen LogP contribution in [0.25, 0.3) is 0 Å². The molecule has 0 amide bonds. The topological polar surface area (TPSA) is 47.1 Å². The van der Waals surface area contributed by atoms with Crippen molar-refractivity contribution in [2.24, 2.45) is 18.7 Å². The van der Waals surface area contributed by atoms with Crippen LogP contribution in [0.15, 0.2) is 12.4 Å². The SMILES string of the molecule is CC(C)C1(N)CN(Cc2cnn(C)c2)C1. The first kappa shape index (κ1) is 10.6. The Morgan fingerprint density at radius 2 is 2.20 bits per heavy atom. The first-order valence-corrected chi connectivity index (χ1v) is 5.48. The number of rotatable bonds is 3. The van der Waals surface area contributed by atoms with E-state index in [0.717, 1.165) is 19.6 Å². The minimum Gasteiger partial charge on any atom is -0.323 e. The Kier molecular flexibility index (Phi) is 2.56. The Balaban J connectivity index is 1.86. The summed E-state index contributed by atoms with van der Waals surface area (Å²) in [6, 6.07) is 0. The van der Waals surface area contributed by atoms with Crippen LogP contribution in [0.1, 0.15) is 19.4 Å². The number of aromatic nitrogens is 2. The van der Waals surface area contributed by atoms with Gasteiger partial charge in [0.15, 0.2) is 0 Å². The Hall–Kier alpha value is -0.870. The lowest BCUT2D eigenvalue weighted by Crippen LogP contribution is -2.69. The highest BCUT2D eigenvalue weighted by Crippen LogP contribution is 2.27. The third-order valence-electron chi connectivity index (χ3n) is 3.35. The highest BCUT2D eigenvalue weighted by molar-refractivity contribution is 5.08. The normalized spacial score (nSPS) is 20.6. The van der Waals surface area contributed by atoms with Gasteiger partial charge in [0, 0.05) is 44.0 Å². The van der Waals surface area contributed by atoms with Crippen LogP contribution in [-0.4, -0.2) is 33.3 Å². The summed E-state index contributed by atoms with van der Waals surface area (Å²) in [6.07, 6.45) is 3.98. The average molecular weight is 208 g/mol. The number of likely N-dealkylation sites (tertiary alicyclic amines) is 1. The fourth-order valence-electron chi connectivity index (χ4n) is 2.07. The Morgan fingerprint density at radius 3 is 2.67 bits per heavy atom. The summed E-state index contributed by atoms with van der Waals surface area (Å²) in [5, 5.41) is 4.16. The molecule has 0 saturated carbocycles. The van der Waals surface area contributed by atoms with Crippen molar-refractivity contribution in [2.45, 2.75) is 25.9 Å². The molecule has 4 nitrogen and oxygen atoms in total. The first-order valence-electron chi connectivity index (χ1n) is 5.48. The van der Waals surface area contributed by atoms with Crippen LogP contribution in [-0.2, 0) is 13.6 Å². The van der Waals surface area contributed by atoms with Crippen LogP contribution in [0, 0.1) is 5.92 Å². The van der Waals surface area contributed by atoms with Gasteiger partial charge in [-0.25, -0.2) is 0 Å². The lowest BCUT2D eigenvalue weighted by atomic mass is 9.80. The minimum atomic E-state index is 0.0300. The van der Waals surface area contributed by atoms with Gasteiger partial charge in [0.2, 0.25) is 0 Å². The molecule has 2 N–H and O–H groups in total. The number of nitrogens with zero attached hydrogens (tertiary/aromatic N) is 3. The highest BCUT2D eigenvalue weighted by Gasteiger charge is 2.41. The summed E-state index contributed by atoms with van der Waals surface area (Å²) in [6.45, 7) is 7.36. The fourth-order valence-corrected chi connectivity index (χ4v) is 2.07. The van der Waals surface area contributed by atoms with Gasteiger partial charge in [-0.3, -0.25) is 9.58 Å². The molecule has 0 unspecified atom stereocenters. The highest BCUT2D eigenvalue weighted by atomic mass is 15.3. The zero-order valence-electron chi connectivity index (χ0n) is 9.77. The summed E-state index contributed by atoms with van der Waals surface area (Å²) in [7, 11) is 1.95. The van der Waals surface area contributed by atoms with Crippen molar-refractivity contribution in [3.63, 3.8) is 0 Å². The molecule has 1 saturated heterocycles. The molecule has 2 heterocycles. The molecule has 1 fully saturated rings. The Morgan fingerprint density at radius 1 is 1.53 bits per heavy atom. The van der Waals surface area contributed by atoms with E-state index >= 15 is 0 Å². The van der Waals surface area contributed by atoms with Crippen LogP contribution in [0.3, 0.4) is 0 Å². The summed E-state index contributed by atoms with van der Waals surface area (Å²) in [5.41, 5.74) is 7.53. The number of aryl methyl sites for hydroxylation is 1. The van der Waals surface area contributed by atoms with Gasteiger partial charge in [-0.15, -0.1) is 0 Å². The van der Waals surface area contributed by atoms with Crippen molar-refractivity contribution in [1.29, 1.82) is 0 Å². The zero-order chi connectivity index (χ0) is 11.1. The van der Waals surface area contributed by atoms with E-state index in [4.69, 9.17) is 5.73 Å². The lowest BCUT2D eigenvalue weighted by Gasteiger charge is -2.50. The summed E-state index contributed by atoms with van der Waals surface area (Å²) < 4.78 is 1.84. The number of hydrogen-bond acceptors (Lipinski definition) is 3. The summed E-state index contributed by atoms with van der Waals surface area (Å²) in [5.74, 6) is 0.558. The second kappa shape index (κ2) is 3.61. The van der Waals surface area contributed by atoms with E-state index in [2.05, 4.69) is 30.0 Å². The maximum Gasteiger partial charge on any atom is 0.0534 e. The van der Waals surface area contributed by atoms with Crippen molar-refractivity contribution in [1.82, 2.24) is 14.7 Å². The van der Waals surface area contributed by atoms with E-state index in [-0.39, 0.29) is 5.54 Å². The van der Waals surface area contributed by atoms with Gasteiger partial charge in [0.05, 0.1) is 6.20 Å². The molecule has 1 aliphatic rings. The molecule has 2 rings (SSSR count). The fraction of sp³-hybridized carbons (Fsp3) is 0.727. The van der Waals surface area contributed by atoms with E-state index in [0.29, 0.717) is 5.92 Å². The summed E-state index contributed by atoms with van der Waals surface area (Å²) >= 11 is 0. The van der Waals surface area contributed by atoms with Gasteiger partial charge in [0.1, 0.15) is 0 Å². The molecule has 0 radical (unpaired) electrons. The van der Waals surface area contributed by atoms with Gasteiger partial charge in [-0.1, -0.05) is 13.8 Å². The first-order chi connectivity index (χ1) is 6.99. The minimum absolute atomic E-state index is 0.0300. The molecular weight excluding hydrogens is 188 g/mol. The van der Waals surface area contributed by atoms with E-state index in [1.807, 2.05) is 17.9 Å². The molecule has 0 aliphatic carbocycles. The van der Waals surface area contributed by atoms with Crippen molar-refractivity contribution in [3.05, 3.63) is 18.0 Å². The molecule has 1 aliphatic heterocycles. The Labute approximate surface area is 91.1 Å². The number of nitrogens with two attached hydrogens (primary N) is 1. The average Bonchev–Trinajstić information content (AvgIpc) is 2.48. The second-order valence-electron chi connectivity index (χ2n) is 5.06. The maximum atomic E-state index is 6.23. The standard InChI is InChI=1S/C11H20N4/c1-9(2)11(12)7-15(8-11)6-10-4-13-14(3)5-10/h4-5,9H,6-8,12H2,1-3H3. The predicted octanol–water partition coefficient (Wildman–Crippen LogP) is 0.589. The zero-order valence-corrected chi connectivity index (χ0v) is 9.77. The smallest absolute Gasteiger partial charge is 0.0534 e. The molecule has 0 atom stereocenters. The van der Waals surface area contributed by atoms with E-state index in [9.17, 15) is 0 Å². The molecule has 84 valence electrons. The molecule has 0 bridgehead atoms. The van der Waals surface area contributed by atoms with Crippen LogP contribution in [0.5, 0.6) is 0 Å². The van der Waals surface area contributed by atoms with Crippen molar-refractivity contribution in [2.75, 3.05) is 13.1 Å². The van der Waals surface area contributed by atoms with Gasteiger partial charge >= 0.3 is 0 Å². The lowest BCUT2D eigenvalue weighted by molar-refractivity contribution is 0.0313. The van der Waals surface area contributed by atoms with Crippen molar-refractivity contribution >= 4 is 0 Å². The molecule has 0 spiro atoms. The molecule has 15 heavy (non-hydrogen) atoms. The van der Waals surface area contributed by atoms with Crippen molar-refractivity contribution in [3.8, 4) is 0 Å². The van der Waals surface area contributed by atoms with Crippen LogP contribution < -0.4 is 5.73 Å². The quantitative estimate of drug-likeness (QED) is 0.791. The monoisotopic (exact) mass is 208 g/mol. The molecular formula is C11H20N4. The largest absolute Gasteiger partial charge is 0.323 e. The molecule has 4 heteroatoms. The maximum absolute atomic E-state index is 6.23. The van der Waals surface area contributed by atoms with Crippen LogP contribution in [0.4, 0.5) is 0 Å².